The van der Waals surface area contributed by atoms with E-state index in [1.807, 2.05) is 53.2 Å². The number of amides is 1. The van der Waals surface area contributed by atoms with Crippen LogP contribution in [0.2, 0.25) is 5.02 Å². The van der Waals surface area contributed by atoms with Crippen LogP contribution in [-0.4, -0.2) is 27.4 Å². The van der Waals surface area contributed by atoms with Crippen molar-refractivity contribution >= 4 is 29.0 Å². The van der Waals surface area contributed by atoms with Gasteiger partial charge < -0.3 is 10.1 Å². The van der Waals surface area contributed by atoms with Crippen LogP contribution in [0, 0.1) is 0 Å². The zero-order valence-corrected chi connectivity index (χ0v) is 15.8. The van der Waals surface area contributed by atoms with E-state index < -0.39 is 0 Å². The number of carbonyl (C=O) groups excluding carboxylic acids is 1. The van der Waals surface area contributed by atoms with Crippen LogP contribution < -0.4 is 10.1 Å². The van der Waals surface area contributed by atoms with E-state index in [2.05, 4.69) is 15.3 Å². The van der Waals surface area contributed by atoms with E-state index in [1.54, 1.807) is 25.4 Å². The maximum atomic E-state index is 12.5. The second-order valence-electron chi connectivity index (χ2n) is 6.18. The van der Waals surface area contributed by atoms with Crippen molar-refractivity contribution < 1.29 is 9.53 Å². The zero-order chi connectivity index (χ0) is 19.5. The van der Waals surface area contributed by atoms with Crippen LogP contribution in [0.25, 0.3) is 17.0 Å². The van der Waals surface area contributed by atoms with E-state index in [-0.39, 0.29) is 12.3 Å². The van der Waals surface area contributed by atoms with Gasteiger partial charge in [0.15, 0.2) is 0 Å². The predicted molar refractivity (Wildman–Crippen MR) is 109 cm³/mol. The van der Waals surface area contributed by atoms with Gasteiger partial charge in [0.05, 0.1) is 24.9 Å². The van der Waals surface area contributed by atoms with Crippen LogP contribution in [0.3, 0.4) is 0 Å². The molecule has 0 atom stereocenters. The molecule has 0 aliphatic heterocycles. The van der Waals surface area contributed by atoms with E-state index in [1.165, 1.54) is 0 Å². The van der Waals surface area contributed by atoms with Gasteiger partial charge in [0.25, 0.3) is 0 Å². The second-order valence-corrected chi connectivity index (χ2v) is 6.59. The summed E-state index contributed by atoms with van der Waals surface area (Å²) in [7, 11) is 1.56. The highest BCUT2D eigenvalue weighted by Crippen LogP contribution is 2.30. The summed E-state index contributed by atoms with van der Waals surface area (Å²) >= 11 is 6.15. The zero-order valence-electron chi connectivity index (χ0n) is 15.1. The Morgan fingerprint density at radius 1 is 1.21 bits per heavy atom. The van der Waals surface area contributed by atoms with Gasteiger partial charge in [0.2, 0.25) is 11.7 Å². The van der Waals surface area contributed by atoms with E-state index in [4.69, 9.17) is 16.3 Å². The predicted octanol–water partition coefficient (Wildman–Crippen LogP) is 4.24. The number of nitrogens with zero attached hydrogens (tertiary/aromatic N) is 3. The van der Waals surface area contributed by atoms with Gasteiger partial charge in [-0.1, -0.05) is 29.8 Å². The first kappa shape index (κ1) is 18.0. The monoisotopic (exact) mass is 392 g/mol. The minimum atomic E-state index is -0.180. The van der Waals surface area contributed by atoms with Crippen molar-refractivity contribution in [2.24, 2.45) is 0 Å². The van der Waals surface area contributed by atoms with Crippen LogP contribution >= 0.6 is 11.6 Å². The summed E-state index contributed by atoms with van der Waals surface area (Å²) in [5.74, 6) is 0.996. The van der Waals surface area contributed by atoms with E-state index in [0.29, 0.717) is 22.2 Å². The smallest absolute Gasteiger partial charge is 0.234 e. The summed E-state index contributed by atoms with van der Waals surface area (Å²) in [6, 6.07) is 14.7. The van der Waals surface area contributed by atoms with Gasteiger partial charge in [-0.2, -0.15) is 0 Å². The molecule has 0 aliphatic rings. The molecule has 7 heteroatoms. The van der Waals surface area contributed by atoms with Gasteiger partial charge in [0, 0.05) is 29.2 Å². The topological polar surface area (TPSA) is 68.5 Å². The van der Waals surface area contributed by atoms with Crippen molar-refractivity contribution in [1.82, 2.24) is 14.4 Å². The van der Waals surface area contributed by atoms with E-state index in [9.17, 15) is 4.79 Å². The number of rotatable bonds is 5. The minimum Gasteiger partial charge on any atom is -0.495 e. The molecule has 0 aliphatic carbocycles. The lowest BCUT2D eigenvalue weighted by Gasteiger charge is -2.12. The van der Waals surface area contributed by atoms with Crippen molar-refractivity contribution in [3.63, 3.8) is 0 Å². The molecule has 1 N–H and O–H groups in total. The number of carbonyl (C=O) groups is 1. The molecule has 4 rings (SSSR count). The summed E-state index contributed by atoms with van der Waals surface area (Å²) in [4.78, 5) is 21.3. The summed E-state index contributed by atoms with van der Waals surface area (Å²) in [5, 5.41) is 3.47. The van der Waals surface area contributed by atoms with Crippen LogP contribution in [0.1, 0.15) is 5.56 Å². The third kappa shape index (κ3) is 3.68. The molecular weight excluding hydrogens is 376 g/mol. The molecule has 0 radical (unpaired) electrons. The van der Waals surface area contributed by atoms with Gasteiger partial charge >= 0.3 is 0 Å². The average Bonchev–Trinajstić information content (AvgIpc) is 3.14. The molecule has 2 heterocycles. The number of fused-ring (bicyclic) bond motifs is 1. The Hall–Kier alpha value is -3.38. The van der Waals surface area contributed by atoms with Gasteiger partial charge in [-0.25, -0.2) is 9.97 Å². The fraction of sp³-hybridized carbons (Fsp3) is 0.0952. The van der Waals surface area contributed by atoms with Crippen molar-refractivity contribution in [1.29, 1.82) is 0 Å². The highest BCUT2D eigenvalue weighted by Gasteiger charge is 2.13. The van der Waals surface area contributed by atoms with Gasteiger partial charge in [0.1, 0.15) is 5.75 Å². The van der Waals surface area contributed by atoms with Crippen molar-refractivity contribution in [3.05, 3.63) is 77.7 Å². The molecule has 6 nitrogen and oxygen atoms in total. The molecule has 1 amide bonds. The quantitative estimate of drug-likeness (QED) is 0.551. The van der Waals surface area contributed by atoms with Crippen LogP contribution in [0.15, 0.2) is 67.1 Å². The molecule has 0 bridgehead atoms. The average molecular weight is 393 g/mol. The normalized spacial score (nSPS) is 10.8. The number of benzene rings is 2. The first-order valence-corrected chi connectivity index (χ1v) is 9.03. The molecule has 2 aromatic carbocycles. The SMILES string of the molecule is COc1ccc(-c2cn3cccnc3n2)cc1NC(=O)Cc1ccccc1Cl. The van der Waals surface area contributed by atoms with E-state index >= 15 is 0 Å². The first-order valence-electron chi connectivity index (χ1n) is 8.65. The Labute approximate surface area is 166 Å². The number of anilines is 1. The molecule has 28 heavy (non-hydrogen) atoms. The van der Waals surface area contributed by atoms with Crippen LogP contribution in [-0.2, 0) is 11.2 Å². The molecule has 0 spiro atoms. The third-order valence-corrected chi connectivity index (χ3v) is 4.68. The van der Waals surface area contributed by atoms with Gasteiger partial charge in [-0.05, 0) is 35.9 Å². The Kier molecular flexibility index (Phi) is 4.95. The minimum absolute atomic E-state index is 0.172. The van der Waals surface area contributed by atoms with E-state index in [0.717, 1.165) is 16.8 Å². The number of nitrogens with one attached hydrogen (secondary N) is 1. The molecule has 140 valence electrons. The standard InChI is InChI=1S/C21H17ClN4O2/c1-28-19-8-7-15(18-13-26-10-4-9-23-21(26)25-18)11-17(19)24-20(27)12-14-5-2-3-6-16(14)22/h2-11,13H,12H2,1H3,(H,24,27). The number of halogens is 1. The van der Waals surface area contributed by atoms with Crippen LogP contribution in [0.4, 0.5) is 5.69 Å². The Balaban J connectivity index is 1.61. The Morgan fingerprint density at radius 2 is 2.07 bits per heavy atom. The fourth-order valence-corrected chi connectivity index (χ4v) is 3.15. The Morgan fingerprint density at radius 3 is 2.86 bits per heavy atom. The molecule has 4 aromatic rings. The maximum Gasteiger partial charge on any atom is 0.234 e. The van der Waals surface area contributed by atoms with Crippen molar-refractivity contribution in [2.75, 3.05) is 12.4 Å². The molecule has 2 aromatic heterocycles. The van der Waals surface area contributed by atoms with Crippen molar-refractivity contribution in [3.8, 4) is 17.0 Å². The van der Waals surface area contributed by atoms with Crippen LogP contribution in [0.5, 0.6) is 5.75 Å². The highest BCUT2D eigenvalue weighted by molar-refractivity contribution is 6.31. The first-order chi connectivity index (χ1) is 13.6. The summed E-state index contributed by atoms with van der Waals surface area (Å²) in [6.45, 7) is 0. The molecule has 0 unspecified atom stereocenters. The highest BCUT2D eigenvalue weighted by atomic mass is 35.5. The number of imidazole rings is 1. The largest absolute Gasteiger partial charge is 0.495 e. The molecule has 0 saturated carbocycles. The third-order valence-electron chi connectivity index (χ3n) is 4.31. The second kappa shape index (κ2) is 7.70. The number of hydrogen-bond acceptors (Lipinski definition) is 4. The summed E-state index contributed by atoms with van der Waals surface area (Å²) < 4.78 is 7.23. The number of ether oxygens (including phenoxy) is 1. The maximum absolute atomic E-state index is 12.5. The fourth-order valence-electron chi connectivity index (χ4n) is 2.94. The number of aromatic nitrogens is 3. The summed E-state index contributed by atoms with van der Waals surface area (Å²) in [6.07, 6.45) is 5.64. The van der Waals surface area contributed by atoms with Crippen molar-refractivity contribution in [2.45, 2.75) is 6.42 Å². The van der Waals surface area contributed by atoms with Gasteiger partial charge in [-0.3, -0.25) is 9.20 Å². The molecule has 0 fully saturated rings. The number of methoxy groups -OCH3 is 1. The lowest BCUT2D eigenvalue weighted by Crippen LogP contribution is -2.15. The lowest BCUT2D eigenvalue weighted by molar-refractivity contribution is -0.115. The Bertz CT molecular complexity index is 1120. The molecule has 0 saturated heterocycles. The molecular formula is C21H17ClN4O2. The van der Waals surface area contributed by atoms with Gasteiger partial charge in [-0.15, -0.1) is 0 Å². The lowest BCUT2D eigenvalue weighted by atomic mass is 10.1. The number of hydrogen-bond donors (Lipinski definition) is 1. The summed E-state index contributed by atoms with van der Waals surface area (Å²) in [5.41, 5.74) is 2.94.